The van der Waals surface area contributed by atoms with Crippen LogP contribution in [0.25, 0.3) is 22.5 Å². The van der Waals surface area contributed by atoms with Crippen molar-refractivity contribution in [3.05, 3.63) is 88.3 Å². The molecule has 1 aromatic carbocycles. The van der Waals surface area contributed by atoms with E-state index in [2.05, 4.69) is 25.5 Å². The molecule has 3 aromatic heterocycles. The third kappa shape index (κ3) is 7.50. The Bertz CT molecular complexity index is 1800. The van der Waals surface area contributed by atoms with Gasteiger partial charge in [-0.3, -0.25) is 24.5 Å². The Morgan fingerprint density at radius 2 is 1.90 bits per heavy atom. The SMILES string of the molecule is COc1nc(-c2ccnc(-c3cccc(NC(=O)c4ccc(CN5CC(O)C5)cn4)c3C)c2Cl)ccc1CN[C@H]1CCCN(C(C)=O)C1. The number of methoxy groups -OCH3 is 1. The predicted molar refractivity (Wildman–Crippen MR) is 185 cm³/mol. The third-order valence-electron chi connectivity index (χ3n) is 8.98. The van der Waals surface area contributed by atoms with E-state index in [-0.39, 0.29) is 24.0 Å². The number of carbonyl (C=O) groups excluding carboxylic acids is 2. The average Bonchev–Trinajstić information content (AvgIpc) is 3.08. The summed E-state index contributed by atoms with van der Waals surface area (Å²) in [5, 5.41) is 16.5. The first-order valence-electron chi connectivity index (χ1n) is 16.1. The van der Waals surface area contributed by atoms with Gasteiger partial charge in [-0.25, -0.2) is 4.98 Å². The number of anilines is 1. The van der Waals surface area contributed by atoms with Gasteiger partial charge in [-0.1, -0.05) is 35.9 Å². The van der Waals surface area contributed by atoms with Gasteiger partial charge in [0.15, 0.2) is 0 Å². The molecule has 2 fully saturated rings. The molecule has 48 heavy (non-hydrogen) atoms. The number of aliphatic hydroxyl groups is 1. The second kappa shape index (κ2) is 14.8. The molecule has 2 amide bonds. The summed E-state index contributed by atoms with van der Waals surface area (Å²) in [6.45, 7) is 7.57. The van der Waals surface area contributed by atoms with Gasteiger partial charge >= 0.3 is 0 Å². The normalized spacial score (nSPS) is 16.8. The highest BCUT2D eigenvalue weighted by atomic mass is 35.5. The first-order valence-corrected chi connectivity index (χ1v) is 16.5. The van der Waals surface area contributed by atoms with Crippen LogP contribution in [-0.2, 0) is 17.9 Å². The molecule has 11 nitrogen and oxygen atoms in total. The van der Waals surface area contributed by atoms with Crippen LogP contribution in [0.1, 0.15) is 46.9 Å². The maximum Gasteiger partial charge on any atom is 0.274 e. The molecule has 2 aliphatic rings. The van der Waals surface area contributed by atoms with Gasteiger partial charge in [-0.2, -0.15) is 0 Å². The van der Waals surface area contributed by atoms with E-state index in [0.29, 0.717) is 72.0 Å². The van der Waals surface area contributed by atoms with Gasteiger partial charge in [0, 0.05) is 87.0 Å². The number of hydrogen-bond acceptors (Lipinski definition) is 9. The van der Waals surface area contributed by atoms with Crippen molar-refractivity contribution in [2.45, 2.75) is 51.9 Å². The minimum absolute atomic E-state index is 0.102. The highest BCUT2D eigenvalue weighted by molar-refractivity contribution is 6.35. The molecule has 0 unspecified atom stereocenters. The Hall–Kier alpha value is -4.42. The van der Waals surface area contributed by atoms with Crippen molar-refractivity contribution in [2.24, 2.45) is 0 Å². The Kier molecular flexibility index (Phi) is 10.3. The zero-order valence-electron chi connectivity index (χ0n) is 27.4. The molecule has 0 saturated carbocycles. The number of aliphatic hydroxyl groups excluding tert-OH is 1. The van der Waals surface area contributed by atoms with Crippen molar-refractivity contribution in [2.75, 3.05) is 38.6 Å². The number of likely N-dealkylation sites (tertiary alicyclic amines) is 2. The Labute approximate surface area is 285 Å². The fourth-order valence-corrected chi connectivity index (χ4v) is 6.55. The number of benzene rings is 1. The van der Waals surface area contributed by atoms with E-state index in [1.165, 1.54) is 0 Å². The van der Waals surface area contributed by atoms with Crippen LogP contribution in [0.3, 0.4) is 0 Å². The lowest BCUT2D eigenvalue weighted by molar-refractivity contribution is -0.130. The van der Waals surface area contributed by atoms with Gasteiger partial charge in [-0.05, 0) is 55.2 Å². The van der Waals surface area contributed by atoms with Crippen molar-refractivity contribution in [1.29, 1.82) is 0 Å². The number of nitrogens with zero attached hydrogens (tertiary/aromatic N) is 5. The second-order valence-corrected chi connectivity index (χ2v) is 12.8. The monoisotopic (exact) mass is 669 g/mol. The number of amides is 2. The maximum atomic E-state index is 13.1. The van der Waals surface area contributed by atoms with E-state index < -0.39 is 0 Å². The van der Waals surface area contributed by atoms with Crippen LogP contribution in [0.15, 0.2) is 60.9 Å². The Balaban J connectivity index is 1.16. The fourth-order valence-electron chi connectivity index (χ4n) is 6.24. The fraction of sp³-hybridized carbons (Fsp3) is 0.361. The second-order valence-electron chi connectivity index (χ2n) is 12.4. The molecule has 4 aromatic rings. The van der Waals surface area contributed by atoms with E-state index in [9.17, 15) is 14.7 Å². The van der Waals surface area contributed by atoms with E-state index in [4.69, 9.17) is 21.3 Å². The Morgan fingerprint density at radius 1 is 1.06 bits per heavy atom. The number of halogens is 1. The van der Waals surface area contributed by atoms with Crippen molar-refractivity contribution in [1.82, 2.24) is 30.1 Å². The number of pyridine rings is 3. The molecule has 0 aliphatic carbocycles. The highest BCUT2D eigenvalue weighted by Gasteiger charge is 2.25. The van der Waals surface area contributed by atoms with Gasteiger partial charge in [-0.15, -0.1) is 0 Å². The number of nitrogens with one attached hydrogen (secondary N) is 2. The molecular formula is C36H40ClN7O4. The summed E-state index contributed by atoms with van der Waals surface area (Å²) in [5.74, 6) is 0.278. The molecule has 2 aliphatic heterocycles. The summed E-state index contributed by atoms with van der Waals surface area (Å²) in [7, 11) is 1.60. The molecule has 5 heterocycles. The number of β-amino-alcohol motifs (C(OH)–C–C–N with tert-alkyl or cyclic N) is 1. The molecule has 6 rings (SSSR count). The lowest BCUT2D eigenvalue weighted by Crippen LogP contribution is -2.49. The minimum Gasteiger partial charge on any atom is -0.481 e. The van der Waals surface area contributed by atoms with Crippen molar-refractivity contribution in [3.8, 4) is 28.4 Å². The summed E-state index contributed by atoms with van der Waals surface area (Å²) in [5.41, 5.74) is 6.33. The summed E-state index contributed by atoms with van der Waals surface area (Å²) >= 11 is 7.01. The van der Waals surface area contributed by atoms with Gasteiger partial charge in [0.1, 0.15) is 5.69 Å². The highest BCUT2D eigenvalue weighted by Crippen LogP contribution is 2.38. The molecule has 12 heteroatoms. The van der Waals surface area contributed by atoms with Crippen LogP contribution in [0, 0.1) is 6.92 Å². The average molecular weight is 670 g/mol. The molecule has 250 valence electrons. The molecule has 0 bridgehead atoms. The topological polar surface area (TPSA) is 133 Å². The predicted octanol–water partition coefficient (Wildman–Crippen LogP) is 4.71. The standard InChI is InChI=1S/C36H40ClN7O4/c1-22-28(7-4-8-30(22)41-35(47)32-11-9-24(16-40-32)18-43-20-27(46)21-43)34-33(37)29(13-14-38-34)31-12-10-25(36(42-31)48-3)17-39-26-6-5-15-44(19-26)23(2)45/h4,7-14,16,26-27,39,46H,5-6,15,17-21H2,1-3H3,(H,41,47)/t26-/m0/s1. The van der Waals surface area contributed by atoms with E-state index in [1.807, 2.05) is 54.3 Å². The molecule has 0 spiro atoms. The minimum atomic E-state index is -0.320. The van der Waals surface area contributed by atoms with Crippen LogP contribution in [0.4, 0.5) is 5.69 Å². The van der Waals surface area contributed by atoms with Gasteiger partial charge in [0.05, 0.1) is 29.6 Å². The lowest BCUT2D eigenvalue weighted by atomic mass is 10.0. The van der Waals surface area contributed by atoms with Crippen LogP contribution in [0.5, 0.6) is 5.88 Å². The first-order chi connectivity index (χ1) is 23.2. The smallest absolute Gasteiger partial charge is 0.274 e. The number of ether oxygens (including phenoxy) is 1. The molecule has 2 saturated heterocycles. The summed E-state index contributed by atoms with van der Waals surface area (Å²) < 4.78 is 5.67. The van der Waals surface area contributed by atoms with Crippen LogP contribution in [0.2, 0.25) is 5.02 Å². The lowest BCUT2D eigenvalue weighted by Gasteiger charge is -2.35. The van der Waals surface area contributed by atoms with Gasteiger partial charge < -0.3 is 25.4 Å². The number of rotatable bonds is 10. The van der Waals surface area contributed by atoms with Crippen molar-refractivity contribution >= 4 is 29.1 Å². The number of aromatic nitrogens is 3. The summed E-state index contributed by atoms with van der Waals surface area (Å²) in [4.78, 5) is 42.7. The largest absolute Gasteiger partial charge is 0.481 e. The molecule has 1 atom stereocenters. The zero-order valence-corrected chi connectivity index (χ0v) is 28.1. The summed E-state index contributed by atoms with van der Waals surface area (Å²) in [6.07, 6.45) is 5.11. The van der Waals surface area contributed by atoms with E-state index in [1.54, 1.807) is 32.5 Å². The third-order valence-corrected chi connectivity index (χ3v) is 9.37. The van der Waals surface area contributed by atoms with Crippen LogP contribution < -0.4 is 15.4 Å². The first kappa shape index (κ1) is 33.5. The molecule has 3 N–H and O–H groups in total. The van der Waals surface area contributed by atoms with E-state index in [0.717, 1.165) is 41.6 Å². The van der Waals surface area contributed by atoms with Crippen LogP contribution in [-0.4, -0.2) is 87.1 Å². The molecule has 0 radical (unpaired) electrons. The molecular weight excluding hydrogens is 630 g/mol. The zero-order chi connectivity index (χ0) is 33.8. The van der Waals surface area contributed by atoms with Gasteiger partial charge in [0.2, 0.25) is 11.8 Å². The number of hydrogen-bond donors (Lipinski definition) is 3. The van der Waals surface area contributed by atoms with Crippen molar-refractivity contribution < 1.29 is 19.4 Å². The van der Waals surface area contributed by atoms with Crippen LogP contribution >= 0.6 is 11.6 Å². The summed E-state index contributed by atoms with van der Waals surface area (Å²) in [6, 6.07) is 15.1. The van der Waals surface area contributed by atoms with Crippen molar-refractivity contribution in [3.63, 3.8) is 0 Å². The maximum absolute atomic E-state index is 13.1. The number of piperidine rings is 1. The number of carbonyl (C=O) groups is 2. The Morgan fingerprint density at radius 3 is 2.62 bits per heavy atom. The quantitative estimate of drug-likeness (QED) is 0.220. The van der Waals surface area contributed by atoms with E-state index >= 15 is 0 Å². The van der Waals surface area contributed by atoms with Gasteiger partial charge in [0.25, 0.3) is 5.91 Å².